The fourth-order valence-electron chi connectivity index (χ4n) is 5.93. The lowest BCUT2D eigenvalue weighted by atomic mass is 9.73. The summed E-state index contributed by atoms with van der Waals surface area (Å²) in [7, 11) is 2.19. The van der Waals surface area contributed by atoms with E-state index in [1.165, 1.54) is 0 Å². The van der Waals surface area contributed by atoms with E-state index < -0.39 is 59.5 Å². The number of alkyl halides is 6. The van der Waals surface area contributed by atoms with Crippen LogP contribution in [0.25, 0.3) is 21.8 Å². The highest BCUT2D eigenvalue weighted by molar-refractivity contribution is 6.67. The molecular formula is C25H13Cl6NO6. The maximum atomic E-state index is 14.4. The van der Waals surface area contributed by atoms with E-state index in [4.69, 9.17) is 79.1 Å². The lowest BCUT2D eigenvalue weighted by Gasteiger charge is -2.35. The monoisotopic (exact) mass is 633 g/mol. The third-order valence-electron chi connectivity index (χ3n) is 7.55. The van der Waals surface area contributed by atoms with Crippen LogP contribution in [0.2, 0.25) is 0 Å². The molecule has 0 radical (unpaired) electrons. The maximum Gasteiger partial charge on any atom is 0.339 e. The molecule has 0 saturated heterocycles. The van der Waals surface area contributed by atoms with Gasteiger partial charge in [-0.2, -0.15) is 0 Å². The van der Waals surface area contributed by atoms with Gasteiger partial charge in [-0.3, -0.25) is 9.59 Å². The normalized spacial score (nSPS) is 29.2. The van der Waals surface area contributed by atoms with E-state index in [9.17, 15) is 19.2 Å². The maximum absolute atomic E-state index is 14.4. The summed E-state index contributed by atoms with van der Waals surface area (Å²) in [5.41, 5.74) is -1.52. The second-order valence-corrected chi connectivity index (χ2v) is 12.6. The summed E-state index contributed by atoms with van der Waals surface area (Å²) >= 11 is 40.2. The Bertz CT molecular complexity index is 1730. The van der Waals surface area contributed by atoms with Crippen LogP contribution in [-0.2, 0) is 9.47 Å². The summed E-state index contributed by atoms with van der Waals surface area (Å²) in [6.07, 6.45) is 0. The summed E-state index contributed by atoms with van der Waals surface area (Å²) < 4.78 is 7.75. The van der Waals surface area contributed by atoms with E-state index in [2.05, 4.69) is 4.98 Å². The van der Waals surface area contributed by atoms with E-state index >= 15 is 0 Å². The number of rotatable bonds is 2. The highest BCUT2D eigenvalue weighted by atomic mass is 35.5. The summed E-state index contributed by atoms with van der Waals surface area (Å²) in [4.78, 5) is 54.0. The van der Waals surface area contributed by atoms with Crippen LogP contribution in [0.5, 0.6) is 0 Å². The van der Waals surface area contributed by atoms with Gasteiger partial charge in [-0.1, -0.05) is 41.4 Å². The van der Waals surface area contributed by atoms with Crippen LogP contribution in [0, 0.1) is 0 Å². The van der Waals surface area contributed by atoms with Gasteiger partial charge in [0.2, 0.25) is 0 Å². The Labute approximate surface area is 244 Å². The Kier molecular flexibility index (Phi) is 5.54. The fourth-order valence-corrected chi connectivity index (χ4v) is 9.01. The van der Waals surface area contributed by atoms with E-state index in [1.807, 2.05) is 0 Å². The first-order valence-electron chi connectivity index (χ1n) is 11.0. The summed E-state index contributed by atoms with van der Waals surface area (Å²) in [6.45, 7) is 0. The van der Waals surface area contributed by atoms with Crippen molar-refractivity contribution in [2.75, 3.05) is 14.2 Å². The fraction of sp³-hybridized carbons (Fsp3) is 0.280. The molecule has 2 aromatic carbocycles. The number of aromatic nitrogens is 1. The molecule has 1 aromatic heterocycles. The van der Waals surface area contributed by atoms with Gasteiger partial charge in [-0.15, -0.1) is 46.4 Å². The third-order valence-corrected chi connectivity index (χ3v) is 12.1. The number of hydrogen-bond acceptors (Lipinski definition) is 6. The van der Waals surface area contributed by atoms with Crippen LogP contribution in [0.3, 0.4) is 0 Å². The molecule has 0 amide bonds. The lowest BCUT2D eigenvalue weighted by molar-refractivity contribution is 0.0555. The van der Waals surface area contributed by atoms with E-state index in [0.717, 1.165) is 14.2 Å². The number of ether oxygens (including phenoxy) is 2. The average molecular weight is 636 g/mol. The van der Waals surface area contributed by atoms with Crippen molar-refractivity contribution in [3.63, 3.8) is 0 Å². The van der Waals surface area contributed by atoms with Gasteiger partial charge in [0.25, 0.3) is 0 Å². The zero-order valence-corrected chi connectivity index (χ0v) is 23.7. The standard InChI is InChI=1S/C25H13Cl6NO6/c1-37-21(35)11-9-7-5-3-4-6-8(7)32-16(9)13-10(12(11)22(36)38-2)17(33)14-15(18(13)34)24(29)20(27)19(26)23(14,28)25(24,30)31/h3-6,19-20,32H,1-2H3. The molecular weight excluding hydrogens is 623 g/mol. The van der Waals surface area contributed by atoms with Crippen LogP contribution in [-0.4, -0.2) is 67.5 Å². The minimum Gasteiger partial charge on any atom is -0.465 e. The number of para-hydroxylation sites is 1. The Morgan fingerprint density at radius 2 is 1.32 bits per heavy atom. The van der Waals surface area contributed by atoms with Gasteiger partial charge in [0, 0.05) is 27.4 Å². The number of allylic oxidation sites excluding steroid dienone is 2. The first-order chi connectivity index (χ1) is 17.8. The largest absolute Gasteiger partial charge is 0.465 e. The van der Waals surface area contributed by atoms with Crippen molar-refractivity contribution in [1.29, 1.82) is 0 Å². The van der Waals surface area contributed by atoms with Crippen molar-refractivity contribution in [1.82, 2.24) is 4.98 Å². The first kappa shape index (κ1) is 26.2. The number of carbonyl (C=O) groups is 4. The van der Waals surface area contributed by atoms with Gasteiger partial charge in [0.15, 0.2) is 15.9 Å². The predicted molar refractivity (Wildman–Crippen MR) is 145 cm³/mol. The Hall–Kier alpha value is -2.00. The number of esters is 2. The zero-order valence-electron chi connectivity index (χ0n) is 19.2. The molecule has 7 nitrogen and oxygen atoms in total. The number of ketones is 2. The highest BCUT2D eigenvalue weighted by Gasteiger charge is 2.84. The zero-order chi connectivity index (χ0) is 27.7. The van der Waals surface area contributed by atoms with Gasteiger partial charge in [0.05, 0.1) is 52.7 Å². The molecule has 196 valence electrons. The number of aromatic amines is 1. The number of nitrogens with one attached hydrogen (secondary N) is 1. The Balaban J connectivity index is 1.85. The van der Waals surface area contributed by atoms with Gasteiger partial charge < -0.3 is 14.5 Å². The number of H-pyrrole nitrogens is 1. The van der Waals surface area contributed by atoms with Gasteiger partial charge in [-0.05, 0) is 6.07 Å². The number of fused-ring (bicyclic) bond motifs is 9. The second kappa shape index (κ2) is 8.03. The quantitative estimate of drug-likeness (QED) is 0.276. The molecule has 1 heterocycles. The number of Topliss-reactive ketones (excluding diaryl/α,β-unsaturated/α-hetero) is 2. The van der Waals surface area contributed by atoms with Crippen molar-refractivity contribution >= 4 is 115 Å². The topological polar surface area (TPSA) is 103 Å². The summed E-state index contributed by atoms with van der Waals surface area (Å²) in [5.74, 6) is -3.72. The van der Waals surface area contributed by atoms with Crippen molar-refractivity contribution in [2.24, 2.45) is 0 Å². The molecule has 38 heavy (non-hydrogen) atoms. The first-order valence-corrected chi connectivity index (χ1v) is 13.4. The van der Waals surface area contributed by atoms with Crippen molar-refractivity contribution in [3.05, 3.63) is 57.7 Å². The van der Waals surface area contributed by atoms with E-state index in [1.54, 1.807) is 24.3 Å². The van der Waals surface area contributed by atoms with Crippen LogP contribution in [0.4, 0.5) is 0 Å². The lowest BCUT2D eigenvalue weighted by Crippen LogP contribution is -2.47. The molecule has 3 aromatic rings. The SMILES string of the molecule is COC(=O)c1c2c(c3[nH]c4ccccc4c3c1C(=O)OC)C(=O)C1=C(C2=O)C2(Cl)C(Cl)C(Cl)C1(Cl)C2(Cl)Cl. The van der Waals surface area contributed by atoms with Crippen molar-refractivity contribution in [3.8, 4) is 0 Å². The Morgan fingerprint density at radius 3 is 1.87 bits per heavy atom. The summed E-state index contributed by atoms with van der Waals surface area (Å²) in [6, 6.07) is 6.81. The minimum absolute atomic E-state index is 0.0918. The molecule has 13 heteroatoms. The second-order valence-electron chi connectivity index (χ2n) is 9.11. The molecule has 1 saturated carbocycles. The molecule has 0 spiro atoms. The summed E-state index contributed by atoms with van der Waals surface area (Å²) in [5, 5.41) is -1.88. The van der Waals surface area contributed by atoms with Gasteiger partial charge in [-0.25, -0.2) is 9.59 Å². The molecule has 2 bridgehead atoms. The van der Waals surface area contributed by atoms with E-state index in [-0.39, 0.29) is 33.2 Å². The van der Waals surface area contributed by atoms with Crippen LogP contribution in [0.1, 0.15) is 41.4 Å². The number of benzene rings is 2. The van der Waals surface area contributed by atoms with Crippen LogP contribution in [0.15, 0.2) is 35.4 Å². The van der Waals surface area contributed by atoms with Gasteiger partial charge in [0.1, 0.15) is 9.75 Å². The Morgan fingerprint density at radius 1 is 0.816 bits per heavy atom. The average Bonchev–Trinajstić information content (AvgIpc) is 3.38. The molecule has 4 atom stereocenters. The van der Waals surface area contributed by atoms with Gasteiger partial charge >= 0.3 is 11.9 Å². The molecule has 1 N–H and O–H groups in total. The number of carbonyl (C=O) groups excluding carboxylic acids is 4. The number of hydrogen-bond donors (Lipinski definition) is 1. The van der Waals surface area contributed by atoms with Crippen molar-refractivity contribution in [2.45, 2.75) is 24.8 Å². The molecule has 0 aliphatic heterocycles. The van der Waals surface area contributed by atoms with Crippen LogP contribution < -0.4 is 0 Å². The minimum atomic E-state index is -2.20. The molecule has 1 fully saturated rings. The van der Waals surface area contributed by atoms with Crippen LogP contribution >= 0.6 is 69.6 Å². The molecule has 3 aliphatic rings. The molecule has 4 unspecified atom stereocenters. The predicted octanol–water partition coefficient (Wildman–Crippen LogP) is 5.94. The number of halogens is 6. The van der Waals surface area contributed by atoms with Crippen molar-refractivity contribution < 1.29 is 28.7 Å². The highest BCUT2D eigenvalue weighted by Crippen LogP contribution is 2.74. The third kappa shape index (κ3) is 2.61. The smallest absolute Gasteiger partial charge is 0.339 e. The molecule has 6 rings (SSSR count). The molecule has 3 aliphatic carbocycles. The van der Waals surface area contributed by atoms with E-state index in [0.29, 0.717) is 10.9 Å². The number of methoxy groups -OCH3 is 2.